The first-order chi connectivity index (χ1) is 9.97. The summed E-state index contributed by atoms with van der Waals surface area (Å²) in [5, 5.41) is 3.49. The van der Waals surface area contributed by atoms with Crippen molar-refractivity contribution in [1.82, 2.24) is 4.90 Å². The van der Waals surface area contributed by atoms with E-state index in [4.69, 9.17) is 17.3 Å². The molecule has 0 bridgehead atoms. The van der Waals surface area contributed by atoms with Gasteiger partial charge >= 0.3 is 0 Å². The average molecular weight is 309 g/mol. The molecule has 21 heavy (non-hydrogen) atoms. The fraction of sp³-hybridized carbons (Fsp3) is 0.533. The van der Waals surface area contributed by atoms with Gasteiger partial charge in [0.05, 0.1) is 10.7 Å². The zero-order chi connectivity index (χ0) is 15.1. The third-order valence-corrected chi connectivity index (χ3v) is 4.83. The molecule has 5 nitrogen and oxygen atoms in total. The second-order valence-electron chi connectivity index (χ2n) is 6.04. The van der Waals surface area contributed by atoms with E-state index in [9.17, 15) is 4.79 Å². The maximum Gasteiger partial charge on any atom is 0.245 e. The molecule has 2 aliphatic rings. The number of hydrogen-bond donors (Lipinski definition) is 2. The maximum atomic E-state index is 11.6. The van der Waals surface area contributed by atoms with Crippen molar-refractivity contribution in [2.75, 3.05) is 37.4 Å². The number of anilines is 2. The molecule has 1 unspecified atom stereocenters. The molecule has 1 fully saturated rings. The number of fused-ring (bicyclic) bond motifs is 1. The summed E-state index contributed by atoms with van der Waals surface area (Å²) in [6.07, 6.45) is 2.23. The van der Waals surface area contributed by atoms with E-state index >= 15 is 0 Å². The Kier molecular flexibility index (Phi) is 3.82. The van der Waals surface area contributed by atoms with Gasteiger partial charge < -0.3 is 20.9 Å². The molecule has 2 heterocycles. The molecule has 3 rings (SSSR count). The third kappa shape index (κ3) is 2.61. The molecule has 114 valence electrons. The van der Waals surface area contributed by atoms with Crippen molar-refractivity contribution >= 4 is 28.9 Å². The molecule has 1 saturated heterocycles. The van der Waals surface area contributed by atoms with Crippen LogP contribution in [-0.2, 0) is 4.79 Å². The summed E-state index contributed by atoms with van der Waals surface area (Å²) in [6.45, 7) is 1.95. The van der Waals surface area contributed by atoms with Gasteiger partial charge in [-0.3, -0.25) is 4.79 Å². The van der Waals surface area contributed by atoms with Crippen LogP contribution in [0.5, 0.6) is 0 Å². The number of nitrogens with zero attached hydrogens (tertiary/aromatic N) is 2. The Bertz CT molecular complexity index is 567. The first kappa shape index (κ1) is 14.6. The van der Waals surface area contributed by atoms with E-state index in [0.717, 1.165) is 42.9 Å². The van der Waals surface area contributed by atoms with Crippen LogP contribution in [0.25, 0.3) is 0 Å². The van der Waals surface area contributed by atoms with Crippen molar-refractivity contribution in [2.45, 2.75) is 24.9 Å². The van der Waals surface area contributed by atoms with Crippen LogP contribution in [0.15, 0.2) is 12.1 Å². The normalized spacial score (nSPS) is 22.6. The van der Waals surface area contributed by atoms with E-state index in [-0.39, 0.29) is 5.91 Å². The number of carbonyl (C=O) groups is 1. The smallest absolute Gasteiger partial charge is 0.245 e. The van der Waals surface area contributed by atoms with Crippen LogP contribution >= 0.6 is 11.6 Å². The number of halogens is 1. The van der Waals surface area contributed by atoms with Gasteiger partial charge in [-0.25, -0.2) is 0 Å². The Morgan fingerprint density at radius 3 is 2.62 bits per heavy atom. The van der Waals surface area contributed by atoms with E-state index in [0.29, 0.717) is 11.1 Å². The molecule has 1 aromatic rings. The number of hydrogen-bond acceptors (Lipinski definition) is 4. The van der Waals surface area contributed by atoms with E-state index < -0.39 is 6.04 Å². The molecule has 0 aliphatic carbocycles. The third-order valence-electron chi connectivity index (χ3n) is 4.53. The van der Waals surface area contributed by atoms with Gasteiger partial charge in [-0.05, 0) is 39.1 Å². The molecule has 2 aliphatic heterocycles. The molecule has 0 radical (unpaired) electrons. The Morgan fingerprint density at radius 1 is 1.33 bits per heavy atom. The highest BCUT2D eigenvalue weighted by molar-refractivity contribution is 6.33. The number of nitrogens with two attached hydrogens (primary N) is 1. The summed E-state index contributed by atoms with van der Waals surface area (Å²) in [7, 11) is 4.25. The van der Waals surface area contributed by atoms with Crippen LogP contribution < -0.4 is 16.0 Å². The predicted molar refractivity (Wildman–Crippen MR) is 85.9 cm³/mol. The predicted octanol–water partition coefficient (Wildman–Crippen LogP) is 1.82. The van der Waals surface area contributed by atoms with Crippen molar-refractivity contribution in [3.05, 3.63) is 22.7 Å². The highest BCUT2D eigenvalue weighted by Gasteiger charge is 2.30. The lowest BCUT2D eigenvalue weighted by Crippen LogP contribution is -2.42. The first-order valence-corrected chi connectivity index (χ1v) is 7.66. The van der Waals surface area contributed by atoms with Gasteiger partial charge in [-0.2, -0.15) is 0 Å². The van der Waals surface area contributed by atoms with Crippen LogP contribution in [0.3, 0.4) is 0 Å². The van der Waals surface area contributed by atoms with Crippen molar-refractivity contribution in [3.63, 3.8) is 0 Å². The van der Waals surface area contributed by atoms with Crippen LogP contribution in [0.1, 0.15) is 24.4 Å². The zero-order valence-electron chi connectivity index (χ0n) is 12.4. The van der Waals surface area contributed by atoms with Crippen LogP contribution in [-0.4, -0.2) is 44.0 Å². The van der Waals surface area contributed by atoms with Crippen molar-refractivity contribution in [3.8, 4) is 0 Å². The second kappa shape index (κ2) is 5.48. The zero-order valence-corrected chi connectivity index (χ0v) is 13.2. The number of benzene rings is 1. The quantitative estimate of drug-likeness (QED) is 0.875. The minimum atomic E-state index is -0.606. The number of carbonyl (C=O) groups excluding carboxylic acids is 1. The summed E-state index contributed by atoms with van der Waals surface area (Å²) in [6, 6.07) is 3.80. The lowest BCUT2D eigenvalue weighted by molar-refractivity contribution is -0.116. The van der Waals surface area contributed by atoms with Gasteiger partial charge in [0.2, 0.25) is 5.91 Å². The van der Waals surface area contributed by atoms with Gasteiger partial charge in [-0.15, -0.1) is 0 Å². The lowest BCUT2D eigenvalue weighted by Gasteiger charge is -2.37. The summed E-state index contributed by atoms with van der Waals surface area (Å²) in [5.74, 6) is -0.162. The minimum Gasteiger partial charge on any atom is -0.370 e. The van der Waals surface area contributed by atoms with E-state index in [1.54, 1.807) is 0 Å². The molecule has 0 saturated carbocycles. The van der Waals surface area contributed by atoms with Crippen LogP contribution in [0.2, 0.25) is 5.02 Å². The molecule has 0 aromatic heterocycles. The van der Waals surface area contributed by atoms with Gasteiger partial charge in [0, 0.05) is 30.4 Å². The Balaban J connectivity index is 1.82. The fourth-order valence-electron chi connectivity index (χ4n) is 3.16. The standard InChI is InChI=1S/C15H21ClN4O/c1-19(2)9-3-5-20(6-4-9)13-8-12-10(7-11(13)16)14(17)15(21)18-12/h7-9,14H,3-6,17H2,1-2H3,(H,18,21). The molecule has 1 atom stereocenters. The molecule has 1 aromatic carbocycles. The number of nitrogens with one attached hydrogen (secondary N) is 1. The molecule has 3 N–H and O–H groups in total. The number of rotatable bonds is 2. The molecular weight excluding hydrogens is 288 g/mol. The summed E-state index contributed by atoms with van der Waals surface area (Å²) in [5.41, 5.74) is 8.42. The molecule has 1 amide bonds. The van der Waals surface area contributed by atoms with Crippen molar-refractivity contribution < 1.29 is 4.79 Å². The van der Waals surface area contributed by atoms with Gasteiger partial charge in [0.1, 0.15) is 6.04 Å². The Labute approximate surface area is 130 Å². The Morgan fingerprint density at radius 2 is 2.00 bits per heavy atom. The fourth-order valence-corrected chi connectivity index (χ4v) is 3.45. The second-order valence-corrected chi connectivity index (χ2v) is 6.45. The van der Waals surface area contributed by atoms with Crippen LogP contribution in [0.4, 0.5) is 11.4 Å². The minimum absolute atomic E-state index is 0.162. The highest BCUT2D eigenvalue weighted by Crippen LogP contribution is 2.38. The van der Waals surface area contributed by atoms with Crippen molar-refractivity contribution in [2.24, 2.45) is 5.73 Å². The van der Waals surface area contributed by atoms with Crippen molar-refractivity contribution in [1.29, 1.82) is 0 Å². The molecule has 6 heteroatoms. The van der Waals surface area contributed by atoms with Gasteiger partial charge in [0.25, 0.3) is 0 Å². The number of amides is 1. The van der Waals surface area contributed by atoms with E-state index in [1.807, 2.05) is 12.1 Å². The summed E-state index contributed by atoms with van der Waals surface area (Å²) < 4.78 is 0. The topological polar surface area (TPSA) is 61.6 Å². The van der Waals surface area contributed by atoms with Gasteiger partial charge in [0.15, 0.2) is 0 Å². The SMILES string of the molecule is CN(C)C1CCN(c2cc3c(cc2Cl)C(N)C(=O)N3)CC1. The van der Waals surface area contributed by atoms with Crippen LogP contribution in [0, 0.1) is 0 Å². The lowest BCUT2D eigenvalue weighted by atomic mass is 10.0. The van der Waals surface area contributed by atoms with E-state index in [2.05, 4.69) is 29.2 Å². The summed E-state index contributed by atoms with van der Waals surface area (Å²) >= 11 is 6.41. The first-order valence-electron chi connectivity index (χ1n) is 7.28. The Hall–Kier alpha value is -1.30. The van der Waals surface area contributed by atoms with E-state index in [1.165, 1.54) is 0 Å². The maximum absolute atomic E-state index is 11.6. The summed E-state index contributed by atoms with van der Waals surface area (Å²) in [4.78, 5) is 16.2. The van der Waals surface area contributed by atoms with Gasteiger partial charge in [-0.1, -0.05) is 11.6 Å². The monoisotopic (exact) mass is 308 g/mol. The molecular formula is C15H21ClN4O. The largest absolute Gasteiger partial charge is 0.370 e. The number of piperidine rings is 1. The average Bonchev–Trinajstić information content (AvgIpc) is 2.73. The molecule has 0 spiro atoms. The highest BCUT2D eigenvalue weighted by atomic mass is 35.5.